The molecule has 2 aliphatic rings. The molecule has 110 valence electrons. The highest BCUT2D eigenvalue weighted by Gasteiger charge is 2.16. The number of hydrogen-bond donors (Lipinski definition) is 0. The largest absolute Gasteiger partial charge is 0.497 e. The van der Waals surface area contributed by atoms with E-state index < -0.39 is 0 Å². The molecule has 0 aliphatic carbocycles. The molecule has 3 heterocycles. The summed E-state index contributed by atoms with van der Waals surface area (Å²) >= 11 is 0. The Kier molecular flexibility index (Phi) is 2.42. The van der Waals surface area contributed by atoms with Crippen molar-refractivity contribution in [3.8, 4) is 17.0 Å². The number of pyridine rings is 2. The zero-order valence-corrected chi connectivity index (χ0v) is 12.7. The number of para-hydroxylation sites is 1. The van der Waals surface area contributed by atoms with Gasteiger partial charge in [0.05, 0.1) is 23.8 Å². The second kappa shape index (κ2) is 4.46. The summed E-state index contributed by atoms with van der Waals surface area (Å²) in [5.74, 6) is 0.870. The molecule has 0 atom stereocenters. The summed E-state index contributed by atoms with van der Waals surface area (Å²) in [6.07, 6.45) is 4.19. The van der Waals surface area contributed by atoms with Gasteiger partial charge in [0.15, 0.2) is 0 Å². The van der Waals surface area contributed by atoms with Crippen LogP contribution in [0.15, 0.2) is 67.0 Å². The van der Waals surface area contributed by atoms with Gasteiger partial charge in [-0.05, 0) is 41.8 Å². The summed E-state index contributed by atoms with van der Waals surface area (Å²) in [6, 6.07) is 18.7. The van der Waals surface area contributed by atoms with Crippen molar-refractivity contribution in [2.75, 3.05) is 7.11 Å². The fraction of sp³-hybridized carbons (Fsp3) is 0.0500. The molecule has 3 nitrogen and oxygen atoms in total. The molecule has 5 rings (SSSR count). The van der Waals surface area contributed by atoms with E-state index in [2.05, 4.69) is 59.3 Å². The van der Waals surface area contributed by atoms with E-state index in [9.17, 15) is 0 Å². The monoisotopic (exact) mass is 298 g/mol. The van der Waals surface area contributed by atoms with Crippen LogP contribution in [-0.4, -0.2) is 16.5 Å². The molecule has 3 heteroatoms. The van der Waals surface area contributed by atoms with E-state index in [4.69, 9.17) is 9.72 Å². The number of ether oxygens (including phenoxy) is 1. The first kappa shape index (κ1) is 12.5. The molecule has 0 fully saturated rings. The van der Waals surface area contributed by atoms with Crippen molar-refractivity contribution in [3.05, 3.63) is 67.0 Å². The lowest BCUT2D eigenvalue weighted by Gasteiger charge is -2.11. The molecule has 0 unspecified atom stereocenters. The Morgan fingerprint density at radius 2 is 1.78 bits per heavy atom. The number of fused-ring (bicyclic) bond motifs is 7. The van der Waals surface area contributed by atoms with E-state index in [1.807, 2.05) is 12.1 Å². The van der Waals surface area contributed by atoms with E-state index >= 15 is 0 Å². The maximum atomic E-state index is 5.35. The molecular weight excluding hydrogens is 284 g/mol. The minimum Gasteiger partial charge on any atom is -0.497 e. The van der Waals surface area contributed by atoms with Crippen LogP contribution >= 0.6 is 0 Å². The van der Waals surface area contributed by atoms with Crippen molar-refractivity contribution in [1.82, 2.24) is 9.38 Å². The number of nitrogens with zero attached hydrogens (tertiary/aromatic N) is 2. The van der Waals surface area contributed by atoms with Crippen molar-refractivity contribution in [2.45, 2.75) is 0 Å². The van der Waals surface area contributed by atoms with Crippen LogP contribution in [0.5, 0.6) is 5.75 Å². The molecule has 0 bridgehead atoms. The maximum absolute atomic E-state index is 5.35. The highest BCUT2D eigenvalue weighted by molar-refractivity contribution is 6.09. The molecule has 2 aromatic carbocycles. The van der Waals surface area contributed by atoms with Crippen LogP contribution in [0.4, 0.5) is 0 Å². The van der Waals surface area contributed by atoms with Crippen LogP contribution < -0.4 is 4.74 Å². The lowest BCUT2D eigenvalue weighted by atomic mass is 10.0. The molecule has 0 spiro atoms. The predicted molar refractivity (Wildman–Crippen MR) is 93.4 cm³/mol. The smallest absolute Gasteiger partial charge is 0.119 e. The first-order valence-corrected chi connectivity index (χ1v) is 7.61. The van der Waals surface area contributed by atoms with Crippen LogP contribution in [0.1, 0.15) is 0 Å². The van der Waals surface area contributed by atoms with Gasteiger partial charge in [0.2, 0.25) is 0 Å². The Balaban J connectivity index is 1.99. The SMILES string of the molecule is COc1ccc2c(ccn3ccc4c5ccccc5nc-4c23)c1. The van der Waals surface area contributed by atoms with E-state index in [1.165, 1.54) is 16.3 Å². The number of benzene rings is 2. The molecule has 3 aromatic rings. The van der Waals surface area contributed by atoms with E-state index in [0.29, 0.717) is 0 Å². The van der Waals surface area contributed by atoms with Gasteiger partial charge in [-0.25, -0.2) is 4.98 Å². The number of aromatic nitrogens is 2. The fourth-order valence-electron chi connectivity index (χ4n) is 3.38. The molecule has 23 heavy (non-hydrogen) atoms. The fourth-order valence-corrected chi connectivity index (χ4v) is 3.38. The van der Waals surface area contributed by atoms with Gasteiger partial charge in [-0.15, -0.1) is 0 Å². The van der Waals surface area contributed by atoms with E-state index in [-0.39, 0.29) is 0 Å². The summed E-state index contributed by atoms with van der Waals surface area (Å²) in [4.78, 5) is 4.88. The quantitative estimate of drug-likeness (QED) is 0.417. The van der Waals surface area contributed by atoms with Crippen LogP contribution in [0.2, 0.25) is 0 Å². The Bertz CT molecular complexity index is 1160. The summed E-state index contributed by atoms with van der Waals surface area (Å²) in [5, 5.41) is 3.54. The molecule has 0 amide bonds. The predicted octanol–water partition coefficient (Wildman–Crippen LogP) is 4.75. The van der Waals surface area contributed by atoms with Gasteiger partial charge >= 0.3 is 0 Å². The van der Waals surface area contributed by atoms with Gasteiger partial charge in [-0.3, -0.25) is 0 Å². The third-order valence-corrected chi connectivity index (χ3v) is 4.49. The summed E-state index contributed by atoms with van der Waals surface area (Å²) in [5.41, 5.74) is 4.42. The Hall–Kier alpha value is -3.07. The van der Waals surface area contributed by atoms with Gasteiger partial charge in [0, 0.05) is 28.7 Å². The van der Waals surface area contributed by atoms with Crippen molar-refractivity contribution in [2.24, 2.45) is 0 Å². The van der Waals surface area contributed by atoms with Crippen LogP contribution in [-0.2, 0) is 0 Å². The topological polar surface area (TPSA) is 26.5 Å². The normalized spacial score (nSPS) is 11.7. The molecule has 0 saturated carbocycles. The van der Waals surface area contributed by atoms with Crippen molar-refractivity contribution >= 4 is 27.2 Å². The molecule has 0 saturated heterocycles. The second-order valence-corrected chi connectivity index (χ2v) is 5.73. The first-order valence-electron chi connectivity index (χ1n) is 7.61. The van der Waals surface area contributed by atoms with Gasteiger partial charge in [-0.1, -0.05) is 18.2 Å². The molecule has 0 radical (unpaired) electrons. The van der Waals surface area contributed by atoms with Gasteiger partial charge in [0.25, 0.3) is 0 Å². The number of rotatable bonds is 1. The Morgan fingerprint density at radius 1 is 0.913 bits per heavy atom. The van der Waals surface area contributed by atoms with Crippen molar-refractivity contribution in [3.63, 3.8) is 0 Å². The van der Waals surface area contributed by atoms with E-state index in [0.717, 1.165) is 27.9 Å². The molecular formula is C20H14N2O. The summed E-state index contributed by atoms with van der Waals surface area (Å²) in [6.45, 7) is 0. The Labute approximate surface area is 133 Å². The second-order valence-electron chi connectivity index (χ2n) is 5.73. The third kappa shape index (κ3) is 1.67. The molecule has 2 aliphatic heterocycles. The summed E-state index contributed by atoms with van der Waals surface area (Å²) in [7, 11) is 1.70. The minimum atomic E-state index is 0.870. The van der Waals surface area contributed by atoms with Crippen molar-refractivity contribution in [1.29, 1.82) is 0 Å². The minimum absolute atomic E-state index is 0.870. The van der Waals surface area contributed by atoms with Gasteiger partial charge in [0.1, 0.15) is 5.75 Å². The van der Waals surface area contributed by atoms with E-state index in [1.54, 1.807) is 7.11 Å². The zero-order valence-electron chi connectivity index (χ0n) is 12.7. The van der Waals surface area contributed by atoms with Gasteiger partial charge < -0.3 is 9.14 Å². The number of hydrogen-bond acceptors (Lipinski definition) is 2. The maximum Gasteiger partial charge on any atom is 0.119 e. The average Bonchev–Trinajstić information content (AvgIpc) is 2.99. The lowest BCUT2D eigenvalue weighted by Crippen LogP contribution is -1.94. The third-order valence-electron chi connectivity index (χ3n) is 4.49. The highest BCUT2D eigenvalue weighted by Crippen LogP contribution is 2.37. The van der Waals surface area contributed by atoms with Crippen LogP contribution in [0, 0.1) is 0 Å². The van der Waals surface area contributed by atoms with Crippen LogP contribution in [0.25, 0.3) is 38.4 Å². The number of methoxy groups -OCH3 is 1. The standard InChI is InChI=1S/C20H14N2O/c1-23-14-6-7-15-13(12-14)8-10-22-11-9-17-16-4-2-3-5-18(16)21-19(17)20(15)22/h2-12H,1H3. The van der Waals surface area contributed by atoms with Crippen LogP contribution in [0.3, 0.4) is 0 Å². The lowest BCUT2D eigenvalue weighted by molar-refractivity contribution is 0.415. The molecule has 0 N–H and O–H groups in total. The summed E-state index contributed by atoms with van der Waals surface area (Å²) < 4.78 is 7.49. The Morgan fingerprint density at radius 3 is 2.70 bits per heavy atom. The zero-order chi connectivity index (χ0) is 15.4. The van der Waals surface area contributed by atoms with Crippen molar-refractivity contribution < 1.29 is 4.74 Å². The first-order chi connectivity index (χ1) is 11.3. The van der Waals surface area contributed by atoms with Gasteiger partial charge in [-0.2, -0.15) is 0 Å². The average molecular weight is 298 g/mol. The highest BCUT2D eigenvalue weighted by atomic mass is 16.5. The molecule has 1 aromatic heterocycles.